The van der Waals surface area contributed by atoms with E-state index < -0.39 is 0 Å². The van der Waals surface area contributed by atoms with Crippen LogP contribution in [0.25, 0.3) is 0 Å². The number of carbonyl (C=O) groups excluding carboxylic acids is 1. The molecule has 0 unspecified atom stereocenters. The third-order valence-corrected chi connectivity index (χ3v) is 5.01. The topological polar surface area (TPSA) is 49.3 Å². The molecule has 2 saturated heterocycles. The van der Waals surface area contributed by atoms with Crippen LogP contribution in [0, 0.1) is 17.7 Å². The molecule has 0 N–H and O–H groups in total. The molecule has 2 fully saturated rings. The number of amides is 1. The van der Waals surface area contributed by atoms with Crippen molar-refractivity contribution in [3.8, 4) is 0 Å². The largest absolute Gasteiger partial charge is 0.340 e. The van der Waals surface area contributed by atoms with Gasteiger partial charge in [-0.05, 0) is 48.6 Å². The number of piperidine rings is 1. The molecule has 0 saturated carbocycles. The summed E-state index contributed by atoms with van der Waals surface area (Å²) in [7, 11) is 0. The summed E-state index contributed by atoms with van der Waals surface area (Å²) in [5.74, 6) is 1.40. The van der Waals surface area contributed by atoms with Gasteiger partial charge in [0, 0.05) is 44.1 Å². The van der Waals surface area contributed by atoms with E-state index in [4.69, 9.17) is 0 Å². The van der Waals surface area contributed by atoms with Crippen LogP contribution >= 0.6 is 0 Å². The number of halogens is 1. The fourth-order valence-electron chi connectivity index (χ4n) is 3.75. The van der Waals surface area contributed by atoms with Crippen molar-refractivity contribution in [1.82, 2.24) is 14.9 Å². The van der Waals surface area contributed by atoms with E-state index in [2.05, 4.69) is 14.9 Å². The second-order valence-electron chi connectivity index (χ2n) is 6.52. The maximum atomic E-state index is 13.0. The molecule has 6 heteroatoms. The Balaban J connectivity index is 1.44. The zero-order valence-corrected chi connectivity index (χ0v) is 13.3. The molecule has 4 rings (SSSR count). The number of hydrogen-bond acceptors (Lipinski definition) is 4. The lowest BCUT2D eigenvalue weighted by molar-refractivity contribution is 0.0784. The van der Waals surface area contributed by atoms with Crippen LogP contribution in [0.15, 0.2) is 42.7 Å². The molecule has 5 nitrogen and oxygen atoms in total. The minimum atomic E-state index is -0.319. The number of fused-ring (bicyclic) bond motifs is 1. The maximum absolute atomic E-state index is 13.0. The van der Waals surface area contributed by atoms with Crippen LogP contribution in [0.3, 0.4) is 0 Å². The molecule has 124 valence electrons. The van der Waals surface area contributed by atoms with Crippen molar-refractivity contribution in [2.45, 2.75) is 6.42 Å². The standard InChI is InChI=1S/C18H19FN4O/c19-16-4-2-13(3-5-16)17(24)23-10-14-6-9-22(11-15(14)12-23)18-20-7-1-8-21-18/h1-5,7-8,14-15H,6,9-12H2/t14-,15+/m1/s1. The van der Waals surface area contributed by atoms with Crippen LogP contribution in [0.5, 0.6) is 0 Å². The maximum Gasteiger partial charge on any atom is 0.253 e. The third kappa shape index (κ3) is 2.84. The summed E-state index contributed by atoms with van der Waals surface area (Å²) in [6, 6.07) is 7.61. The Hall–Kier alpha value is -2.50. The van der Waals surface area contributed by atoms with Gasteiger partial charge < -0.3 is 9.80 Å². The van der Waals surface area contributed by atoms with E-state index in [0.717, 1.165) is 38.5 Å². The van der Waals surface area contributed by atoms with E-state index in [-0.39, 0.29) is 11.7 Å². The van der Waals surface area contributed by atoms with Crippen molar-refractivity contribution in [1.29, 1.82) is 0 Å². The van der Waals surface area contributed by atoms with Gasteiger partial charge in [0.1, 0.15) is 5.82 Å². The Kier molecular flexibility index (Phi) is 3.88. The molecule has 1 amide bonds. The first-order valence-electron chi connectivity index (χ1n) is 8.27. The molecule has 0 radical (unpaired) electrons. The Morgan fingerprint density at radius 1 is 1.04 bits per heavy atom. The Labute approximate surface area is 140 Å². The average Bonchev–Trinajstić information content (AvgIpc) is 3.06. The summed E-state index contributed by atoms with van der Waals surface area (Å²) in [5, 5.41) is 0. The Morgan fingerprint density at radius 2 is 1.75 bits per heavy atom. The molecular formula is C18H19FN4O. The number of nitrogens with zero attached hydrogens (tertiary/aromatic N) is 4. The fraction of sp³-hybridized carbons (Fsp3) is 0.389. The van der Waals surface area contributed by atoms with E-state index in [0.29, 0.717) is 17.4 Å². The van der Waals surface area contributed by atoms with Crippen LogP contribution in [-0.2, 0) is 0 Å². The number of anilines is 1. The number of hydrogen-bond donors (Lipinski definition) is 0. The van der Waals surface area contributed by atoms with Crippen molar-refractivity contribution in [2.24, 2.45) is 11.8 Å². The summed E-state index contributed by atoms with van der Waals surface area (Å²) < 4.78 is 13.0. The van der Waals surface area contributed by atoms with Gasteiger partial charge in [0.05, 0.1) is 0 Å². The van der Waals surface area contributed by atoms with Gasteiger partial charge in [0.15, 0.2) is 0 Å². The van der Waals surface area contributed by atoms with E-state index in [9.17, 15) is 9.18 Å². The van der Waals surface area contributed by atoms with Crippen molar-refractivity contribution < 1.29 is 9.18 Å². The van der Waals surface area contributed by atoms with Crippen LogP contribution < -0.4 is 4.90 Å². The highest BCUT2D eigenvalue weighted by molar-refractivity contribution is 5.94. The molecule has 1 aromatic heterocycles. The second-order valence-corrected chi connectivity index (χ2v) is 6.52. The zero-order chi connectivity index (χ0) is 16.5. The number of carbonyl (C=O) groups is 1. The molecule has 24 heavy (non-hydrogen) atoms. The monoisotopic (exact) mass is 326 g/mol. The number of aromatic nitrogens is 2. The van der Waals surface area contributed by atoms with Crippen molar-refractivity contribution >= 4 is 11.9 Å². The molecule has 2 aromatic rings. The summed E-state index contributed by atoms with van der Waals surface area (Å²) in [5.41, 5.74) is 0.554. The van der Waals surface area contributed by atoms with Crippen molar-refractivity contribution in [3.05, 3.63) is 54.1 Å². The fourth-order valence-corrected chi connectivity index (χ4v) is 3.75. The molecule has 0 aliphatic carbocycles. The van der Waals surface area contributed by atoms with Crippen LogP contribution in [0.2, 0.25) is 0 Å². The molecule has 0 spiro atoms. The highest BCUT2D eigenvalue weighted by atomic mass is 19.1. The summed E-state index contributed by atoms with van der Waals surface area (Å²) in [6.45, 7) is 3.32. The van der Waals surface area contributed by atoms with Gasteiger partial charge in [-0.3, -0.25) is 4.79 Å². The van der Waals surface area contributed by atoms with Gasteiger partial charge in [0.25, 0.3) is 5.91 Å². The first-order chi connectivity index (χ1) is 11.7. The molecule has 2 aliphatic rings. The smallest absolute Gasteiger partial charge is 0.253 e. The molecule has 0 bridgehead atoms. The lowest BCUT2D eigenvalue weighted by Crippen LogP contribution is -2.40. The van der Waals surface area contributed by atoms with E-state index in [1.165, 1.54) is 12.1 Å². The molecular weight excluding hydrogens is 307 g/mol. The second kappa shape index (κ2) is 6.19. The van der Waals surface area contributed by atoms with Gasteiger partial charge in [-0.25, -0.2) is 14.4 Å². The summed E-state index contributed by atoms with van der Waals surface area (Å²) >= 11 is 0. The predicted molar refractivity (Wildman–Crippen MR) is 88.1 cm³/mol. The molecule has 1 aromatic carbocycles. The van der Waals surface area contributed by atoms with E-state index >= 15 is 0 Å². The van der Waals surface area contributed by atoms with Gasteiger partial charge in [-0.1, -0.05) is 0 Å². The summed E-state index contributed by atoms with van der Waals surface area (Å²) in [6.07, 6.45) is 4.55. The molecule has 2 aliphatic heterocycles. The quantitative estimate of drug-likeness (QED) is 0.849. The number of likely N-dealkylation sites (tertiary alicyclic amines) is 1. The predicted octanol–water partition coefficient (Wildman–Crippen LogP) is 2.21. The van der Waals surface area contributed by atoms with Crippen LogP contribution in [-0.4, -0.2) is 47.0 Å². The van der Waals surface area contributed by atoms with E-state index in [1.807, 2.05) is 11.0 Å². The van der Waals surface area contributed by atoms with E-state index in [1.54, 1.807) is 24.5 Å². The average molecular weight is 326 g/mol. The first kappa shape index (κ1) is 15.1. The van der Waals surface area contributed by atoms with Gasteiger partial charge >= 0.3 is 0 Å². The van der Waals surface area contributed by atoms with Gasteiger partial charge in [-0.15, -0.1) is 0 Å². The molecule has 3 heterocycles. The lowest BCUT2D eigenvalue weighted by atomic mass is 9.89. The SMILES string of the molecule is O=C(c1ccc(F)cc1)N1C[C@H]2CCN(c3ncccn3)C[C@H]2C1. The highest BCUT2D eigenvalue weighted by Crippen LogP contribution is 2.33. The zero-order valence-electron chi connectivity index (χ0n) is 13.3. The number of benzene rings is 1. The minimum absolute atomic E-state index is 0.00749. The lowest BCUT2D eigenvalue weighted by Gasteiger charge is -2.34. The van der Waals surface area contributed by atoms with Gasteiger partial charge in [-0.2, -0.15) is 0 Å². The van der Waals surface area contributed by atoms with Crippen molar-refractivity contribution in [3.63, 3.8) is 0 Å². The first-order valence-corrected chi connectivity index (χ1v) is 8.27. The highest BCUT2D eigenvalue weighted by Gasteiger charge is 2.39. The van der Waals surface area contributed by atoms with Crippen LogP contribution in [0.1, 0.15) is 16.8 Å². The Morgan fingerprint density at radius 3 is 2.50 bits per heavy atom. The van der Waals surface area contributed by atoms with Crippen molar-refractivity contribution in [2.75, 3.05) is 31.1 Å². The summed E-state index contributed by atoms with van der Waals surface area (Å²) in [4.78, 5) is 25.4. The number of rotatable bonds is 2. The minimum Gasteiger partial charge on any atom is -0.340 e. The van der Waals surface area contributed by atoms with Crippen LogP contribution in [0.4, 0.5) is 10.3 Å². The molecule has 2 atom stereocenters. The Bertz CT molecular complexity index is 722. The third-order valence-electron chi connectivity index (χ3n) is 5.01. The normalized spacial score (nSPS) is 23.2. The van der Waals surface area contributed by atoms with Gasteiger partial charge in [0.2, 0.25) is 5.95 Å².